The minimum atomic E-state index is -1.63. The Kier molecular flexibility index (Phi) is 5.39. The molecule has 0 amide bonds. The third-order valence-electron chi connectivity index (χ3n) is 5.34. The second-order valence-electron chi connectivity index (χ2n) is 7.55. The Morgan fingerprint density at radius 3 is 2.23 bits per heavy atom. The highest BCUT2D eigenvalue weighted by atomic mass is 28.3. The molecule has 0 saturated carbocycles. The van der Waals surface area contributed by atoms with Gasteiger partial charge in [0, 0.05) is 17.8 Å². The maximum absolute atomic E-state index is 3.82. The van der Waals surface area contributed by atoms with Gasteiger partial charge in [-0.1, -0.05) is 53.5 Å². The van der Waals surface area contributed by atoms with Gasteiger partial charge in [-0.2, -0.15) is 0 Å². The summed E-state index contributed by atoms with van der Waals surface area (Å²) >= 11 is 0. The van der Waals surface area contributed by atoms with Crippen LogP contribution < -0.4 is 5.32 Å². The third kappa shape index (κ3) is 3.25. The lowest BCUT2D eigenvalue weighted by Gasteiger charge is -2.38. The van der Waals surface area contributed by atoms with Crippen LogP contribution in [0.2, 0.25) is 16.6 Å². The fourth-order valence-electron chi connectivity index (χ4n) is 4.15. The van der Waals surface area contributed by atoms with Crippen molar-refractivity contribution in [2.24, 2.45) is 0 Å². The van der Waals surface area contributed by atoms with Crippen LogP contribution in [0.4, 0.5) is 5.69 Å². The number of hydrogen-bond donors (Lipinski definition) is 1. The molecule has 0 aromatic heterocycles. The zero-order chi connectivity index (χ0) is 16.3. The Labute approximate surface area is 137 Å². The molecule has 2 rings (SSSR count). The minimum Gasteiger partial charge on any atom is -0.385 e. The summed E-state index contributed by atoms with van der Waals surface area (Å²) in [6, 6.07) is 6.72. The fraction of sp³-hybridized carbons (Fsp3) is 0.600. The largest absolute Gasteiger partial charge is 0.385 e. The van der Waals surface area contributed by atoms with Gasteiger partial charge in [0.1, 0.15) is 8.07 Å². The molecule has 0 fully saturated rings. The fourth-order valence-corrected chi connectivity index (χ4v) is 9.38. The van der Waals surface area contributed by atoms with Crippen molar-refractivity contribution in [3.8, 4) is 11.5 Å². The van der Waals surface area contributed by atoms with Crippen molar-refractivity contribution >= 4 is 13.8 Å². The topological polar surface area (TPSA) is 12.0 Å². The molecule has 2 heteroatoms. The Bertz CT molecular complexity index is 553. The van der Waals surface area contributed by atoms with E-state index in [2.05, 4.69) is 76.5 Å². The van der Waals surface area contributed by atoms with Crippen molar-refractivity contribution in [3.63, 3.8) is 0 Å². The van der Waals surface area contributed by atoms with Gasteiger partial charge in [0.25, 0.3) is 0 Å². The van der Waals surface area contributed by atoms with Gasteiger partial charge in [-0.25, -0.2) is 0 Å². The third-order valence-corrected chi connectivity index (χ3v) is 11.6. The monoisotopic (exact) mass is 313 g/mol. The van der Waals surface area contributed by atoms with E-state index in [4.69, 9.17) is 0 Å². The Morgan fingerprint density at radius 1 is 1.00 bits per heavy atom. The van der Waals surface area contributed by atoms with E-state index in [0.717, 1.165) is 6.54 Å². The highest BCUT2D eigenvalue weighted by Crippen LogP contribution is 2.40. The van der Waals surface area contributed by atoms with Gasteiger partial charge in [-0.05, 0) is 47.2 Å². The van der Waals surface area contributed by atoms with Gasteiger partial charge >= 0.3 is 0 Å². The number of aryl methyl sites for hydroxylation is 1. The standard InChI is InChI=1S/C20H31NSi/c1-15(2)22(16(3)4,17(5)6)13-11-18-9-10-19-8-7-12-21-20(19)14-18/h9-10,14-17,21H,7-8,12H2,1-6H3. The summed E-state index contributed by atoms with van der Waals surface area (Å²) in [6.45, 7) is 15.3. The van der Waals surface area contributed by atoms with Crippen molar-refractivity contribution in [2.75, 3.05) is 11.9 Å². The summed E-state index contributed by atoms with van der Waals surface area (Å²) in [5, 5.41) is 3.51. The van der Waals surface area contributed by atoms with Gasteiger partial charge in [-0.15, -0.1) is 5.54 Å². The first-order chi connectivity index (χ1) is 10.4. The molecular formula is C20H31NSi. The van der Waals surface area contributed by atoms with E-state index in [1.165, 1.54) is 29.7 Å². The first-order valence-corrected chi connectivity index (χ1v) is 11.0. The lowest BCUT2D eigenvalue weighted by atomic mass is 10.0. The van der Waals surface area contributed by atoms with Crippen LogP contribution in [0.5, 0.6) is 0 Å². The van der Waals surface area contributed by atoms with Crippen LogP contribution in [0.3, 0.4) is 0 Å². The summed E-state index contributed by atoms with van der Waals surface area (Å²) in [6.07, 6.45) is 2.43. The Balaban J connectivity index is 2.37. The number of fused-ring (bicyclic) bond motifs is 1. The van der Waals surface area contributed by atoms with E-state index in [0.29, 0.717) is 16.6 Å². The molecule has 1 aromatic rings. The van der Waals surface area contributed by atoms with Gasteiger partial charge < -0.3 is 5.32 Å². The molecule has 0 radical (unpaired) electrons. The molecule has 22 heavy (non-hydrogen) atoms. The van der Waals surface area contributed by atoms with Crippen molar-refractivity contribution in [3.05, 3.63) is 29.3 Å². The second kappa shape index (κ2) is 6.92. The number of hydrogen-bond acceptors (Lipinski definition) is 1. The van der Waals surface area contributed by atoms with Crippen LogP contribution in [0.1, 0.15) is 59.1 Å². The quantitative estimate of drug-likeness (QED) is 0.564. The first kappa shape index (κ1) is 17.2. The van der Waals surface area contributed by atoms with Crippen LogP contribution in [0.25, 0.3) is 0 Å². The smallest absolute Gasteiger partial charge is 0.146 e. The summed E-state index contributed by atoms with van der Waals surface area (Å²) in [5.41, 5.74) is 9.80. The molecule has 0 unspecified atom stereocenters. The summed E-state index contributed by atoms with van der Waals surface area (Å²) in [5.74, 6) is 3.55. The van der Waals surface area contributed by atoms with E-state index in [9.17, 15) is 0 Å². The Morgan fingerprint density at radius 2 is 1.64 bits per heavy atom. The molecule has 1 N–H and O–H groups in total. The Hall–Kier alpha value is -1.20. The molecule has 0 spiro atoms. The lowest BCUT2D eigenvalue weighted by molar-refractivity contribution is 0.830. The highest BCUT2D eigenvalue weighted by Gasteiger charge is 2.41. The van der Waals surface area contributed by atoms with Crippen LogP contribution in [-0.2, 0) is 6.42 Å². The predicted molar refractivity (Wildman–Crippen MR) is 101 cm³/mol. The van der Waals surface area contributed by atoms with Crippen molar-refractivity contribution in [2.45, 2.75) is 71.0 Å². The zero-order valence-corrected chi connectivity index (χ0v) is 16.1. The number of benzene rings is 1. The number of anilines is 1. The van der Waals surface area contributed by atoms with Gasteiger partial charge in [0.05, 0.1) is 0 Å². The van der Waals surface area contributed by atoms with Gasteiger partial charge in [-0.3, -0.25) is 0 Å². The van der Waals surface area contributed by atoms with Crippen LogP contribution in [-0.4, -0.2) is 14.6 Å². The maximum Gasteiger partial charge on any atom is 0.146 e. The average molecular weight is 314 g/mol. The summed E-state index contributed by atoms with van der Waals surface area (Å²) < 4.78 is 0. The highest BCUT2D eigenvalue weighted by molar-refractivity contribution is 6.90. The van der Waals surface area contributed by atoms with E-state index in [1.807, 2.05) is 0 Å². The van der Waals surface area contributed by atoms with Crippen LogP contribution in [0.15, 0.2) is 18.2 Å². The average Bonchev–Trinajstić information content (AvgIpc) is 2.46. The molecule has 0 atom stereocenters. The van der Waals surface area contributed by atoms with E-state index >= 15 is 0 Å². The second-order valence-corrected chi connectivity index (χ2v) is 13.1. The molecule has 0 aliphatic carbocycles. The SMILES string of the molecule is CC(C)[Si](C#Cc1ccc2c(c1)NCCC2)(C(C)C)C(C)C. The van der Waals surface area contributed by atoms with E-state index in [-0.39, 0.29) is 0 Å². The molecule has 0 bridgehead atoms. The molecule has 1 aromatic carbocycles. The molecule has 0 saturated heterocycles. The van der Waals surface area contributed by atoms with Crippen molar-refractivity contribution < 1.29 is 0 Å². The number of rotatable bonds is 3. The lowest BCUT2D eigenvalue weighted by Crippen LogP contribution is -2.43. The van der Waals surface area contributed by atoms with Gasteiger partial charge in [0.15, 0.2) is 0 Å². The molecule has 1 heterocycles. The maximum atomic E-state index is 3.82. The van der Waals surface area contributed by atoms with Crippen LogP contribution >= 0.6 is 0 Å². The van der Waals surface area contributed by atoms with Crippen molar-refractivity contribution in [1.29, 1.82) is 0 Å². The molecular weight excluding hydrogens is 282 g/mol. The van der Waals surface area contributed by atoms with E-state index < -0.39 is 8.07 Å². The summed E-state index contributed by atoms with van der Waals surface area (Å²) in [4.78, 5) is 0. The van der Waals surface area contributed by atoms with Crippen molar-refractivity contribution in [1.82, 2.24) is 0 Å². The number of nitrogens with one attached hydrogen (secondary N) is 1. The molecule has 1 nitrogen and oxygen atoms in total. The molecule has 120 valence electrons. The first-order valence-electron chi connectivity index (χ1n) is 8.78. The van der Waals surface area contributed by atoms with Crippen LogP contribution in [0, 0.1) is 11.5 Å². The summed E-state index contributed by atoms with van der Waals surface area (Å²) in [7, 11) is -1.63. The molecule has 1 aliphatic heterocycles. The molecule has 1 aliphatic rings. The van der Waals surface area contributed by atoms with Gasteiger partial charge in [0.2, 0.25) is 0 Å². The zero-order valence-electron chi connectivity index (χ0n) is 15.1. The predicted octanol–water partition coefficient (Wildman–Crippen LogP) is 5.61. The van der Waals surface area contributed by atoms with E-state index in [1.54, 1.807) is 0 Å². The minimum absolute atomic E-state index is 0.691. The normalized spacial score (nSPS) is 14.6.